The molecule has 0 aliphatic rings. The van der Waals surface area contributed by atoms with Crippen LogP contribution in [-0.2, 0) is 26.6 Å². The van der Waals surface area contributed by atoms with Gasteiger partial charge in [0.05, 0.1) is 13.1 Å². The Bertz CT molecular complexity index is 765. The van der Waals surface area contributed by atoms with Crippen molar-refractivity contribution in [2.45, 2.75) is 36.7 Å². The molecule has 0 spiro atoms. The van der Waals surface area contributed by atoms with Gasteiger partial charge in [-0.1, -0.05) is 6.92 Å². The highest BCUT2D eigenvalue weighted by Gasteiger charge is 2.12. The van der Waals surface area contributed by atoms with Crippen LogP contribution in [0.5, 0.6) is 0 Å². The van der Waals surface area contributed by atoms with Crippen molar-refractivity contribution in [2.24, 2.45) is 7.05 Å². The van der Waals surface area contributed by atoms with Gasteiger partial charge < -0.3 is 13.4 Å². The summed E-state index contributed by atoms with van der Waals surface area (Å²) in [7, 11) is 3.88. The monoisotopic (exact) mass is 334 g/mol. The molecule has 8 nitrogen and oxygen atoms in total. The molecule has 23 heavy (non-hydrogen) atoms. The second-order valence-electron chi connectivity index (χ2n) is 5.16. The summed E-state index contributed by atoms with van der Waals surface area (Å²) in [5.74, 6) is 2.14. The summed E-state index contributed by atoms with van der Waals surface area (Å²) in [6.45, 7) is 3.23. The molecule has 0 N–H and O–H groups in total. The summed E-state index contributed by atoms with van der Waals surface area (Å²) in [5, 5.41) is 17.4. The number of hydrogen-bond acceptors (Lipinski definition) is 8. The number of aryl methyl sites for hydroxylation is 2. The molecule has 0 fully saturated rings. The van der Waals surface area contributed by atoms with Crippen molar-refractivity contribution < 1.29 is 8.83 Å². The highest BCUT2D eigenvalue weighted by molar-refractivity contribution is 7.99. The van der Waals surface area contributed by atoms with Gasteiger partial charge in [-0.3, -0.25) is 4.90 Å². The van der Waals surface area contributed by atoms with Gasteiger partial charge in [-0.15, -0.1) is 20.4 Å². The van der Waals surface area contributed by atoms with Crippen LogP contribution in [-0.4, -0.2) is 36.9 Å². The number of aromatic nitrogens is 5. The summed E-state index contributed by atoms with van der Waals surface area (Å²) < 4.78 is 13.2. The van der Waals surface area contributed by atoms with Crippen molar-refractivity contribution in [2.75, 3.05) is 7.05 Å². The average Bonchev–Trinajstić information content (AvgIpc) is 3.23. The maximum atomic E-state index is 5.82. The van der Waals surface area contributed by atoms with Gasteiger partial charge in [0.15, 0.2) is 10.2 Å². The normalized spacial score (nSPS) is 11.5. The van der Waals surface area contributed by atoms with E-state index < -0.39 is 0 Å². The quantitative estimate of drug-likeness (QED) is 0.649. The molecule has 0 bridgehead atoms. The first kappa shape index (κ1) is 15.8. The first-order valence-electron chi connectivity index (χ1n) is 7.24. The zero-order valence-electron chi connectivity index (χ0n) is 13.3. The molecule has 0 radical (unpaired) electrons. The molecule has 0 aliphatic heterocycles. The minimum Gasteiger partial charge on any atom is -0.453 e. The van der Waals surface area contributed by atoms with Gasteiger partial charge >= 0.3 is 0 Å². The fourth-order valence-corrected chi connectivity index (χ4v) is 2.74. The molecule has 3 heterocycles. The zero-order valence-corrected chi connectivity index (χ0v) is 14.1. The van der Waals surface area contributed by atoms with E-state index in [0.29, 0.717) is 24.9 Å². The number of nitrogens with zero attached hydrogens (tertiary/aromatic N) is 6. The number of hydrogen-bond donors (Lipinski definition) is 0. The van der Waals surface area contributed by atoms with Crippen molar-refractivity contribution in [3.8, 4) is 0 Å². The molecule has 0 unspecified atom stereocenters. The van der Waals surface area contributed by atoms with E-state index in [1.165, 1.54) is 11.8 Å². The van der Waals surface area contributed by atoms with Crippen LogP contribution in [0.1, 0.15) is 24.5 Å². The predicted molar refractivity (Wildman–Crippen MR) is 82.7 cm³/mol. The Hall–Kier alpha value is -2.13. The van der Waals surface area contributed by atoms with E-state index in [1.807, 2.05) is 37.7 Å². The van der Waals surface area contributed by atoms with Gasteiger partial charge in [-0.25, -0.2) is 0 Å². The summed E-state index contributed by atoms with van der Waals surface area (Å²) in [6.07, 6.45) is 2.41. The standard InChI is InChI=1S/C14H18N6O2S/c1-4-11-16-17-12(22-11)8-19(2)7-10-5-6-13(21-10)23-14-18-15-9-20(14)3/h5-6,9H,4,7-8H2,1-3H3. The molecule has 122 valence electrons. The molecule has 0 atom stereocenters. The second kappa shape index (κ2) is 6.97. The van der Waals surface area contributed by atoms with Gasteiger partial charge in [0.2, 0.25) is 11.8 Å². The summed E-state index contributed by atoms with van der Waals surface area (Å²) in [5.41, 5.74) is 0. The lowest BCUT2D eigenvalue weighted by Crippen LogP contribution is -2.17. The zero-order chi connectivity index (χ0) is 16.2. The molecule has 9 heteroatoms. The first-order chi connectivity index (χ1) is 11.1. The van der Waals surface area contributed by atoms with Crippen LogP contribution in [0.15, 0.2) is 37.5 Å². The van der Waals surface area contributed by atoms with Gasteiger partial charge in [0.25, 0.3) is 0 Å². The molecular formula is C14H18N6O2S. The van der Waals surface area contributed by atoms with Gasteiger partial charge in [0.1, 0.15) is 12.1 Å². The van der Waals surface area contributed by atoms with Crippen LogP contribution in [0.4, 0.5) is 0 Å². The Balaban J connectivity index is 1.56. The fourth-order valence-electron chi connectivity index (χ4n) is 2.00. The maximum absolute atomic E-state index is 5.82. The van der Waals surface area contributed by atoms with Gasteiger partial charge in [-0.2, -0.15) is 0 Å². The summed E-state index contributed by atoms with van der Waals surface area (Å²) in [4.78, 5) is 2.06. The Morgan fingerprint density at radius 1 is 1.13 bits per heavy atom. The molecule has 0 aliphatic carbocycles. The topological polar surface area (TPSA) is 86.0 Å². The molecule has 0 amide bonds. The van der Waals surface area contributed by atoms with Gasteiger partial charge in [0, 0.05) is 13.5 Å². The highest BCUT2D eigenvalue weighted by atomic mass is 32.2. The number of furan rings is 1. The maximum Gasteiger partial charge on any atom is 0.230 e. The molecule has 3 aromatic rings. The lowest BCUT2D eigenvalue weighted by molar-refractivity contribution is 0.250. The van der Waals surface area contributed by atoms with Crippen molar-refractivity contribution in [3.63, 3.8) is 0 Å². The largest absolute Gasteiger partial charge is 0.453 e. The van der Waals surface area contributed by atoms with Crippen molar-refractivity contribution in [1.29, 1.82) is 0 Å². The molecule has 3 rings (SSSR count). The van der Waals surface area contributed by atoms with E-state index in [-0.39, 0.29) is 0 Å². The Kier molecular flexibility index (Phi) is 4.77. The Morgan fingerprint density at radius 2 is 1.96 bits per heavy atom. The van der Waals surface area contributed by atoms with E-state index in [0.717, 1.165) is 22.4 Å². The smallest absolute Gasteiger partial charge is 0.230 e. The second-order valence-corrected chi connectivity index (χ2v) is 6.13. The van der Waals surface area contributed by atoms with E-state index >= 15 is 0 Å². The number of rotatable bonds is 7. The average molecular weight is 334 g/mol. The lowest BCUT2D eigenvalue weighted by Gasteiger charge is -2.11. The SMILES string of the molecule is CCc1nnc(CN(C)Cc2ccc(Sc3nncn3C)o2)o1. The first-order valence-corrected chi connectivity index (χ1v) is 8.06. The van der Waals surface area contributed by atoms with Crippen molar-refractivity contribution >= 4 is 11.8 Å². The van der Waals surface area contributed by atoms with E-state index in [9.17, 15) is 0 Å². The van der Waals surface area contributed by atoms with E-state index in [1.54, 1.807) is 6.33 Å². The minimum atomic E-state index is 0.583. The molecule has 3 aromatic heterocycles. The third-order valence-electron chi connectivity index (χ3n) is 3.14. The van der Waals surface area contributed by atoms with E-state index in [4.69, 9.17) is 8.83 Å². The fraction of sp³-hybridized carbons (Fsp3) is 0.429. The molecule has 0 aromatic carbocycles. The van der Waals surface area contributed by atoms with E-state index in [2.05, 4.69) is 25.3 Å². The van der Waals surface area contributed by atoms with Crippen LogP contribution in [0.2, 0.25) is 0 Å². The summed E-state index contributed by atoms with van der Waals surface area (Å²) in [6, 6.07) is 3.89. The highest BCUT2D eigenvalue weighted by Crippen LogP contribution is 2.27. The molecule has 0 saturated heterocycles. The van der Waals surface area contributed by atoms with Crippen LogP contribution in [0.25, 0.3) is 0 Å². The summed E-state index contributed by atoms with van der Waals surface area (Å²) >= 11 is 1.44. The van der Waals surface area contributed by atoms with Crippen molar-refractivity contribution in [1.82, 2.24) is 29.9 Å². The van der Waals surface area contributed by atoms with Crippen LogP contribution < -0.4 is 0 Å². The van der Waals surface area contributed by atoms with Crippen LogP contribution in [0.3, 0.4) is 0 Å². The predicted octanol–water partition coefficient (Wildman–Crippen LogP) is 2.14. The van der Waals surface area contributed by atoms with Crippen LogP contribution in [0, 0.1) is 0 Å². The third kappa shape index (κ3) is 3.99. The molecule has 0 saturated carbocycles. The molecular weight excluding hydrogens is 316 g/mol. The lowest BCUT2D eigenvalue weighted by atomic mass is 10.4. The Labute approximate surface area is 137 Å². The van der Waals surface area contributed by atoms with Crippen molar-refractivity contribution in [3.05, 3.63) is 36.0 Å². The van der Waals surface area contributed by atoms with Crippen LogP contribution >= 0.6 is 11.8 Å². The Morgan fingerprint density at radius 3 is 2.65 bits per heavy atom. The minimum absolute atomic E-state index is 0.583. The third-order valence-corrected chi connectivity index (χ3v) is 4.11. The van der Waals surface area contributed by atoms with Gasteiger partial charge in [-0.05, 0) is 30.9 Å².